The van der Waals surface area contributed by atoms with Crippen molar-refractivity contribution in [3.63, 3.8) is 0 Å². The number of nitrogens with one attached hydrogen (secondary N) is 1. The van der Waals surface area contributed by atoms with Crippen molar-refractivity contribution in [3.8, 4) is 0 Å². The minimum atomic E-state index is -4.39. The van der Waals surface area contributed by atoms with Gasteiger partial charge in [0.1, 0.15) is 5.82 Å². The van der Waals surface area contributed by atoms with E-state index in [9.17, 15) is 13.2 Å². The highest BCUT2D eigenvalue weighted by molar-refractivity contribution is 5.85. The number of aryl methyl sites for hydroxylation is 1. The molecule has 19 heavy (non-hydrogen) atoms. The van der Waals surface area contributed by atoms with Crippen molar-refractivity contribution < 1.29 is 13.2 Å². The Hall–Kier alpha value is -1.78. The van der Waals surface area contributed by atoms with Crippen LogP contribution < -0.4 is 5.32 Å². The van der Waals surface area contributed by atoms with Crippen LogP contribution in [0.25, 0.3) is 10.9 Å². The van der Waals surface area contributed by atoms with Crippen molar-refractivity contribution in [3.05, 3.63) is 35.4 Å². The first-order valence-corrected chi connectivity index (χ1v) is 6.15. The summed E-state index contributed by atoms with van der Waals surface area (Å²) in [6, 6.07) is 5.85. The molecule has 1 heterocycles. The number of hydrogen-bond acceptors (Lipinski definition) is 2. The summed E-state index contributed by atoms with van der Waals surface area (Å²) < 4.78 is 38.8. The van der Waals surface area contributed by atoms with Gasteiger partial charge in [0.15, 0.2) is 0 Å². The maximum absolute atomic E-state index is 12.9. The molecule has 0 fully saturated rings. The Morgan fingerprint density at radius 1 is 1.26 bits per heavy atom. The topological polar surface area (TPSA) is 24.9 Å². The number of halogens is 3. The summed E-state index contributed by atoms with van der Waals surface area (Å²) in [5, 5.41) is 3.56. The van der Waals surface area contributed by atoms with Crippen molar-refractivity contribution in [1.29, 1.82) is 0 Å². The molecule has 102 valence electrons. The minimum absolute atomic E-state index is 0.000738. The second kappa shape index (κ2) is 5.07. The molecule has 1 N–H and O–H groups in total. The van der Waals surface area contributed by atoms with Gasteiger partial charge in [-0.2, -0.15) is 13.2 Å². The molecule has 0 aliphatic rings. The first kappa shape index (κ1) is 13.6. The normalized spacial score (nSPS) is 11.8. The predicted octanol–water partition coefficient (Wildman–Crippen LogP) is 4.38. The van der Waals surface area contributed by atoms with Crippen LogP contribution in [-0.4, -0.2) is 11.5 Å². The Morgan fingerprint density at radius 3 is 2.63 bits per heavy atom. The Labute approximate surface area is 109 Å². The lowest BCUT2D eigenvalue weighted by atomic mass is 10.1. The molecule has 2 rings (SSSR count). The van der Waals surface area contributed by atoms with Crippen LogP contribution in [0, 0.1) is 6.92 Å². The van der Waals surface area contributed by atoms with Gasteiger partial charge in [0.05, 0.1) is 11.1 Å². The third-order valence-electron chi connectivity index (χ3n) is 2.88. The van der Waals surface area contributed by atoms with Gasteiger partial charge in [0, 0.05) is 11.9 Å². The van der Waals surface area contributed by atoms with Gasteiger partial charge in [-0.3, -0.25) is 0 Å². The molecule has 0 aliphatic carbocycles. The van der Waals surface area contributed by atoms with Crippen LogP contribution in [0.1, 0.15) is 24.5 Å². The molecule has 0 aliphatic heterocycles. The minimum Gasteiger partial charge on any atom is -0.370 e. The van der Waals surface area contributed by atoms with Gasteiger partial charge in [-0.25, -0.2) is 4.98 Å². The summed E-state index contributed by atoms with van der Waals surface area (Å²) in [5.41, 5.74) is 0.157. The predicted molar refractivity (Wildman–Crippen MR) is 70.3 cm³/mol. The van der Waals surface area contributed by atoms with Crippen LogP contribution in [0.5, 0.6) is 0 Å². The van der Waals surface area contributed by atoms with Gasteiger partial charge in [-0.05, 0) is 31.0 Å². The summed E-state index contributed by atoms with van der Waals surface area (Å²) >= 11 is 0. The largest absolute Gasteiger partial charge is 0.418 e. The average Bonchev–Trinajstić information content (AvgIpc) is 2.34. The summed E-state index contributed by atoms with van der Waals surface area (Å²) in [6.07, 6.45) is -3.50. The zero-order chi connectivity index (χ0) is 14.0. The molecular weight excluding hydrogens is 253 g/mol. The number of pyridine rings is 1. The van der Waals surface area contributed by atoms with E-state index in [0.29, 0.717) is 17.7 Å². The van der Waals surface area contributed by atoms with Crippen LogP contribution in [0.4, 0.5) is 19.0 Å². The van der Waals surface area contributed by atoms with Gasteiger partial charge >= 0.3 is 6.18 Å². The number of para-hydroxylation sites is 1. The third kappa shape index (κ3) is 2.80. The van der Waals surface area contributed by atoms with Crippen LogP contribution in [0.3, 0.4) is 0 Å². The molecule has 2 aromatic rings. The third-order valence-corrected chi connectivity index (χ3v) is 2.88. The molecule has 0 bridgehead atoms. The van der Waals surface area contributed by atoms with Gasteiger partial charge in [-0.1, -0.05) is 19.1 Å². The van der Waals surface area contributed by atoms with Crippen molar-refractivity contribution in [2.75, 3.05) is 11.9 Å². The van der Waals surface area contributed by atoms with Crippen molar-refractivity contribution in [1.82, 2.24) is 4.98 Å². The molecule has 0 spiro atoms. The van der Waals surface area contributed by atoms with Gasteiger partial charge in [0.25, 0.3) is 0 Å². The zero-order valence-electron chi connectivity index (χ0n) is 10.8. The molecule has 0 amide bonds. The quantitative estimate of drug-likeness (QED) is 0.893. The van der Waals surface area contributed by atoms with Crippen LogP contribution >= 0.6 is 0 Å². The highest BCUT2D eigenvalue weighted by Crippen LogP contribution is 2.34. The zero-order valence-corrected chi connectivity index (χ0v) is 10.8. The van der Waals surface area contributed by atoms with E-state index in [1.807, 2.05) is 13.8 Å². The van der Waals surface area contributed by atoms with Crippen LogP contribution in [0.2, 0.25) is 0 Å². The van der Waals surface area contributed by atoms with E-state index in [0.717, 1.165) is 18.1 Å². The van der Waals surface area contributed by atoms with E-state index in [1.165, 1.54) is 6.07 Å². The van der Waals surface area contributed by atoms with E-state index in [4.69, 9.17) is 0 Å². The van der Waals surface area contributed by atoms with Crippen molar-refractivity contribution in [2.24, 2.45) is 0 Å². The molecule has 1 aromatic carbocycles. The molecule has 1 aromatic heterocycles. The molecule has 0 atom stereocenters. The average molecular weight is 268 g/mol. The van der Waals surface area contributed by atoms with E-state index < -0.39 is 11.7 Å². The SMILES string of the molecule is CCCNc1nc2c(C(F)(F)F)cccc2cc1C. The molecule has 0 saturated heterocycles. The Balaban J connectivity index is 2.60. The van der Waals surface area contributed by atoms with E-state index in [-0.39, 0.29) is 5.52 Å². The van der Waals surface area contributed by atoms with E-state index in [1.54, 1.807) is 12.1 Å². The standard InChI is InChI=1S/C14H15F3N2/c1-3-7-18-13-9(2)8-10-5-4-6-11(12(10)19-13)14(15,16)17/h4-6,8H,3,7H2,1-2H3,(H,18,19). The smallest absolute Gasteiger partial charge is 0.370 e. The summed E-state index contributed by atoms with van der Waals surface area (Å²) in [4.78, 5) is 4.15. The highest BCUT2D eigenvalue weighted by Gasteiger charge is 2.33. The van der Waals surface area contributed by atoms with Gasteiger partial charge in [-0.15, -0.1) is 0 Å². The maximum atomic E-state index is 12.9. The number of fused-ring (bicyclic) bond motifs is 1. The lowest BCUT2D eigenvalue weighted by Crippen LogP contribution is -2.09. The number of hydrogen-bond donors (Lipinski definition) is 1. The number of benzene rings is 1. The van der Waals surface area contributed by atoms with Crippen molar-refractivity contribution >= 4 is 16.7 Å². The Bertz CT molecular complexity index is 591. The first-order chi connectivity index (χ1) is 8.93. The Kier molecular flexibility index (Phi) is 3.64. The fourth-order valence-corrected chi connectivity index (χ4v) is 1.96. The van der Waals surface area contributed by atoms with E-state index >= 15 is 0 Å². The highest BCUT2D eigenvalue weighted by atomic mass is 19.4. The number of aromatic nitrogens is 1. The molecule has 0 unspecified atom stereocenters. The second-order valence-corrected chi connectivity index (χ2v) is 4.46. The molecule has 5 heteroatoms. The van der Waals surface area contributed by atoms with Crippen molar-refractivity contribution in [2.45, 2.75) is 26.4 Å². The summed E-state index contributed by atoms with van der Waals surface area (Å²) in [5.74, 6) is 0.519. The summed E-state index contributed by atoms with van der Waals surface area (Å²) in [7, 11) is 0. The number of rotatable bonds is 3. The Morgan fingerprint density at radius 2 is 2.00 bits per heavy atom. The molecule has 0 saturated carbocycles. The molecule has 2 nitrogen and oxygen atoms in total. The second-order valence-electron chi connectivity index (χ2n) is 4.46. The number of nitrogens with zero attached hydrogens (tertiary/aromatic N) is 1. The lowest BCUT2D eigenvalue weighted by Gasteiger charge is -2.13. The lowest BCUT2D eigenvalue weighted by molar-refractivity contribution is -0.136. The molecule has 0 radical (unpaired) electrons. The summed E-state index contributed by atoms with van der Waals surface area (Å²) in [6.45, 7) is 4.52. The first-order valence-electron chi connectivity index (χ1n) is 6.15. The number of anilines is 1. The number of alkyl halides is 3. The maximum Gasteiger partial charge on any atom is 0.418 e. The monoisotopic (exact) mass is 268 g/mol. The van der Waals surface area contributed by atoms with E-state index in [2.05, 4.69) is 10.3 Å². The van der Waals surface area contributed by atoms with Crippen LogP contribution in [-0.2, 0) is 6.18 Å². The van der Waals surface area contributed by atoms with Gasteiger partial charge < -0.3 is 5.32 Å². The fraction of sp³-hybridized carbons (Fsp3) is 0.357. The van der Waals surface area contributed by atoms with Gasteiger partial charge in [0.2, 0.25) is 0 Å². The molecular formula is C14H15F3N2. The fourth-order valence-electron chi connectivity index (χ4n) is 1.96. The van der Waals surface area contributed by atoms with Crippen LogP contribution in [0.15, 0.2) is 24.3 Å².